The standard InChI is InChI=1S/C9H4ClF2N3/c10-9-8(15-14-4-13-9)6-2-1-5(11)3-7(6)12/h1-4H. The van der Waals surface area contributed by atoms with E-state index in [4.69, 9.17) is 11.6 Å². The van der Waals surface area contributed by atoms with Gasteiger partial charge in [-0.05, 0) is 12.1 Å². The minimum atomic E-state index is -0.751. The van der Waals surface area contributed by atoms with Gasteiger partial charge >= 0.3 is 0 Å². The van der Waals surface area contributed by atoms with Crippen LogP contribution in [0.25, 0.3) is 11.3 Å². The molecule has 0 spiro atoms. The minimum absolute atomic E-state index is 0.0236. The highest BCUT2D eigenvalue weighted by Gasteiger charge is 2.12. The van der Waals surface area contributed by atoms with Crippen LogP contribution in [-0.2, 0) is 0 Å². The van der Waals surface area contributed by atoms with Gasteiger partial charge in [0, 0.05) is 11.6 Å². The summed E-state index contributed by atoms with van der Waals surface area (Å²) in [4.78, 5) is 3.65. The third kappa shape index (κ3) is 1.92. The van der Waals surface area contributed by atoms with Crippen molar-refractivity contribution >= 4 is 11.6 Å². The highest BCUT2D eigenvalue weighted by molar-refractivity contribution is 6.31. The molecule has 0 unspecified atom stereocenters. The number of rotatable bonds is 1. The largest absolute Gasteiger partial charge is 0.220 e. The Morgan fingerprint density at radius 1 is 1.20 bits per heavy atom. The molecule has 0 saturated heterocycles. The normalized spacial score (nSPS) is 10.3. The van der Waals surface area contributed by atoms with E-state index in [0.717, 1.165) is 18.5 Å². The molecule has 0 amide bonds. The van der Waals surface area contributed by atoms with E-state index in [1.54, 1.807) is 0 Å². The number of halogens is 3. The number of hydrogen-bond donors (Lipinski definition) is 0. The van der Waals surface area contributed by atoms with Crippen molar-refractivity contribution in [2.75, 3.05) is 0 Å². The Balaban J connectivity index is 2.60. The van der Waals surface area contributed by atoms with Crippen LogP contribution in [0, 0.1) is 11.6 Å². The first-order chi connectivity index (χ1) is 7.18. The van der Waals surface area contributed by atoms with E-state index < -0.39 is 11.6 Å². The Hall–Kier alpha value is -1.62. The van der Waals surface area contributed by atoms with Gasteiger partial charge < -0.3 is 0 Å². The lowest BCUT2D eigenvalue weighted by Gasteiger charge is -2.02. The molecule has 0 aliphatic heterocycles. The van der Waals surface area contributed by atoms with Crippen LogP contribution >= 0.6 is 11.6 Å². The van der Waals surface area contributed by atoms with Crippen molar-refractivity contribution in [1.29, 1.82) is 0 Å². The molecular formula is C9H4ClF2N3. The summed E-state index contributed by atoms with van der Waals surface area (Å²) in [6.45, 7) is 0. The lowest BCUT2D eigenvalue weighted by molar-refractivity contribution is 0.585. The lowest BCUT2D eigenvalue weighted by atomic mass is 10.1. The van der Waals surface area contributed by atoms with Crippen LogP contribution in [-0.4, -0.2) is 15.2 Å². The number of benzene rings is 1. The molecule has 0 radical (unpaired) electrons. The molecule has 0 bridgehead atoms. The van der Waals surface area contributed by atoms with Gasteiger partial charge in [-0.2, -0.15) is 0 Å². The van der Waals surface area contributed by atoms with Crippen molar-refractivity contribution in [1.82, 2.24) is 15.2 Å². The van der Waals surface area contributed by atoms with E-state index in [9.17, 15) is 8.78 Å². The zero-order chi connectivity index (χ0) is 10.8. The van der Waals surface area contributed by atoms with Gasteiger partial charge in [0.1, 0.15) is 23.7 Å². The van der Waals surface area contributed by atoms with E-state index in [-0.39, 0.29) is 16.4 Å². The third-order valence-corrected chi connectivity index (χ3v) is 2.04. The molecule has 1 heterocycles. The van der Waals surface area contributed by atoms with Crippen LogP contribution in [0.3, 0.4) is 0 Å². The summed E-state index contributed by atoms with van der Waals surface area (Å²) in [5, 5.41) is 7.14. The monoisotopic (exact) mass is 227 g/mol. The Morgan fingerprint density at radius 2 is 2.00 bits per heavy atom. The highest BCUT2D eigenvalue weighted by Crippen LogP contribution is 2.25. The molecule has 1 aromatic heterocycles. The van der Waals surface area contributed by atoms with Gasteiger partial charge in [0.15, 0.2) is 5.15 Å². The Kier molecular flexibility index (Phi) is 2.55. The molecule has 0 fully saturated rings. The first-order valence-electron chi connectivity index (χ1n) is 3.97. The molecular weight excluding hydrogens is 224 g/mol. The van der Waals surface area contributed by atoms with Crippen molar-refractivity contribution in [3.05, 3.63) is 41.3 Å². The van der Waals surface area contributed by atoms with Gasteiger partial charge in [-0.15, -0.1) is 10.2 Å². The summed E-state index contributed by atoms with van der Waals surface area (Å²) >= 11 is 5.70. The summed E-state index contributed by atoms with van der Waals surface area (Å²) in [7, 11) is 0. The van der Waals surface area contributed by atoms with Crippen LogP contribution in [0.2, 0.25) is 5.15 Å². The topological polar surface area (TPSA) is 38.7 Å². The van der Waals surface area contributed by atoms with Crippen LogP contribution in [0.4, 0.5) is 8.78 Å². The first-order valence-corrected chi connectivity index (χ1v) is 4.35. The number of aromatic nitrogens is 3. The van der Waals surface area contributed by atoms with Gasteiger partial charge in [-0.25, -0.2) is 13.8 Å². The van der Waals surface area contributed by atoms with Gasteiger partial charge in [0.2, 0.25) is 0 Å². The molecule has 0 N–H and O–H groups in total. The average molecular weight is 228 g/mol. The highest BCUT2D eigenvalue weighted by atomic mass is 35.5. The molecule has 6 heteroatoms. The van der Waals surface area contributed by atoms with Crippen molar-refractivity contribution in [2.24, 2.45) is 0 Å². The number of hydrogen-bond acceptors (Lipinski definition) is 3. The number of nitrogens with zero attached hydrogens (tertiary/aromatic N) is 3. The van der Waals surface area contributed by atoms with Crippen LogP contribution in [0.15, 0.2) is 24.5 Å². The zero-order valence-electron chi connectivity index (χ0n) is 7.28. The van der Waals surface area contributed by atoms with E-state index in [1.807, 2.05) is 0 Å². The lowest BCUT2D eigenvalue weighted by Crippen LogP contribution is -1.94. The summed E-state index contributed by atoms with van der Waals surface area (Å²) in [6, 6.07) is 3.10. The average Bonchev–Trinajstić information content (AvgIpc) is 2.20. The second-order valence-electron chi connectivity index (χ2n) is 2.72. The maximum Gasteiger partial charge on any atom is 0.159 e. The van der Waals surface area contributed by atoms with Crippen LogP contribution in [0.1, 0.15) is 0 Å². The Labute approximate surface area is 88.8 Å². The van der Waals surface area contributed by atoms with Crippen molar-refractivity contribution in [3.63, 3.8) is 0 Å². The fourth-order valence-electron chi connectivity index (χ4n) is 1.11. The third-order valence-electron chi connectivity index (χ3n) is 1.76. The van der Waals surface area contributed by atoms with E-state index in [1.165, 1.54) is 6.07 Å². The summed E-state index contributed by atoms with van der Waals surface area (Å²) < 4.78 is 26.0. The minimum Gasteiger partial charge on any atom is -0.220 e. The predicted molar refractivity (Wildman–Crippen MR) is 50.2 cm³/mol. The second kappa shape index (κ2) is 3.86. The van der Waals surface area contributed by atoms with E-state index >= 15 is 0 Å². The van der Waals surface area contributed by atoms with Gasteiger partial charge in [0.05, 0.1) is 0 Å². The molecule has 0 aliphatic rings. The predicted octanol–water partition coefficient (Wildman–Crippen LogP) is 2.47. The molecule has 76 valence electrons. The van der Waals surface area contributed by atoms with E-state index in [0.29, 0.717) is 0 Å². The molecule has 2 aromatic rings. The summed E-state index contributed by atoms with van der Waals surface area (Å²) in [6.07, 6.45) is 1.15. The molecule has 3 nitrogen and oxygen atoms in total. The fraction of sp³-hybridized carbons (Fsp3) is 0. The molecule has 0 aliphatic carbocycles. The van der Waals surface area contributed by atoms with Crippen LogP contribution in [0.5, 0.6) is 0 Å². The maximum absolute atomic E-state index is 13.3. The van der Waals surface area contributed by atoms with Crippen LogP contribution < -0.4 is 0 Å². The molecule has 1 aromatic carbocycles. The Bertz CT molecular complexity index is 504. The molecule has 2 rings (SSSR count). The maximum atomic E-state index is 13.3. The van der Waals surface area contributed by atoms with Gasteiger partial charge in [0.25, 0.3) is 0 Å². The van der Waals surface area contributed by atoms with Crippen molar-refractivity contribution in [3.8, 4) is 11.3 Å². The van der Waals surface area contributed by atoms with Gasteiger partial charge in [-0.1, -0.05) is 11.6 Å². The zero-order valence-corrected chi connectivity index (χ0v) is 8.04. The smallest absolute Gasteiger partial charge is 0.159 e. The quantitative estimate of drug-likeness (QED) is 0.751. The Morgan fingerprint density at radius 3 is 2.67 bits per heavy atom. The van der Waals surface area contributed by atoms with Gasteiger partial charge in [-0.3, -0.25) is 0 Å². The summed E-state index contributed by atoms with van der Waals surface area (Å²) in [5.74, 6) is -1.41. The van der Waals surface area contributed by atoms with E-state index in [2.05, 4.69) is 15.2 Å². The second-order valence-corrected chi connectivity index (χ2v) is 3.08. The SMILES string of the molecule is Fc1ccc(-c2nncnc2Cl)c(F)c1. The van der Waals surface area contributed by atoms with Crippen molar-refractivity contribution in [2.45, 2.75) is 0 Å². The van der Waals surface area contributed by atoms with Crippen molar-refractivity contribution < 1.29 is 8.78 Å². The fourth-order valence-corrected chi connectivity index (χ4v) is 1.29. The molecule has 0 atom stereocenters. The molecule has 0 saturated carbocycles. The molecule has 15 heavy (non-hydrogen) atoms. The first kappa shape index (κ1) is 9.92. The summed E-state index contributed by atoms with van der Waals surface area (Å²) in [5.41, 5.74) is 0.165.